The molecule has 0 atom stereocenters. The van der Waals surface area contributed by atoms with Crippen LogP contribution in [0.15, 0.2) is 17.2 Å². The number of aromatic nitrogens is 1. The average molecular weight is 313 g/mol. The van der Waals surface area contributed by atoms with E-state index in [1.807, 2.05) is 13.8 Å². The molecule has 1 heterocycles. The van der Waals surface area contributed by atoms with Crippen molar-refractivity contribution >= 4 is 15.9 Å². The van der Waals surface area contributed by atoms with Crippen LogP contribution in [-0.4, -0.2) is 25.4 Å². The monoisotopic (exact) mass is 313 g/mol. The van der Waals surface area contributed by atoms with Crippen molar-refractivity contribution in [2.45, 2.75) is 50.5 Å². The molecule has 0 saturated heterocycles. The topological polar surface area (TPSA) is 94.2 Å². The van der Waals surface area contributed by atoms with E-state index in [4.69, 9.17) is 5.14 Å². The molecule has 118 valence electrons. The molecular formula is C14H23N3O3S. The van der Waals surface area contributed by atoms with E-state index in [0.717, 1.165) is 25.7 Å². The smallest absolute Gasteiger partial charge is 0.267 e. The highest BCUT2D eigenvalue weighted by atomic mass is 32.2. The molecule has 1 aliphatic rings. The molecule has 0 aromatic carbocycles. The van der Waals surface area contributed by atoms with Gasteiger partial charge < -0.3 is 9.88 Å². The summed E-state index contributed by atoms with van der Waals surface area (Å²) in [7, 11) is -3.80. The molecule has 1 saturated carbocycles. The van der Waals surface area contributed by atoms with Crippen LogP contribution in [0.2, 0.25) is 0 Å². The van der Waals surface area contributed by atoms with Crippen molar-refractivity contribution in [2.75, 3.05) is 6.54 Å². The third-order valence-corrected chi connectivity index (χ3v) is 4.65. The summed E-state index contributed by atoms with van der Waals surface area (Å²) in [5, 5.41) is 8.02. The molecule has 1 amide bonds. The standard InChI is InChI=1S/C14H23N3O3S/c1-10(2)8-16-14(18)13-7-12(21(15,19)20)9-17(13)11-5-3-4-6-11/h7,9-11H,3-6,8H2,1-2H3,(H,16,18)(H2,15,19,20). The Morgan fingerprint density at radius 1 is 1.43 bits per heavy atom. The molecule has 1 aliphatic carbocycles. The third-order valence-electron chi connectivity index (χ3n) is 3.77. The normalized spacial score (nSPS) is 16.6. The fraction of sp³-hybridized carbons (Fsp3) is 0.643. The van der Waals surface area contributed by atoms with Crippen LogP contribution in [0, 0.1) is 5.92 Å². The van der Waals surface area contributed by atoms with Gasteiger partial charge in [-0.15, -0.1) is 0 Å². The van der Waals surface area contributed by atoms with Crippen molar-refractivity contribution in [3.63, 3.8) is 0 Å². The first-order chi connectivity index (χ1) is 9.79. The predicted octanol–water partition coefficient (Wildman–Crippen LogP) is 1.64. The number of nitrogens with two attached hydrogens (primary N) is 1. The molecule has 6 nitrogen and oxygen atoms in total. The fourth-order valence-electron chi connectivity index (χ4n) is 2.66. The highest BCUT2D eigenvalue weighted by molar-refractivity contribution is 7.89. The second-order valence-electron chi connectivity index (χ2n) is 6.06. The zero-order valence-electron chi connectivity index (χ0n) is 12.5. The van der Waals surface area contributed by atoms with E-state index in [2.05, 4.69) is 5.32 Å². The van der Waals surface area contributed by atoms with E-state index in [1.54, 1.807) is 4.57 Å². The summed E-state index contributed by atoms with van der Waals surface area (Å²) in [5.41, 5.74) is 0.381. The van der Waals surface area contributed by atoms with Gasteiger partial charge in [-0.1, -0.05) is 26.7 Å². The highest BCUT2D eigenvalue weighted by Gasteiger charge is 2.25. The van der Waals surface area contributed by atoms with Crippen LogP contribution in [0.1, 0.15) is 56.1 Å². The molecule has 0 aliphatic heterocycles. The van der Waals surface area contributed by atoms with Gasteiger partial charge >= 0.3 is 0 Å². The van der Waals surface area contributed by atoms with E-state index >= 15 is 0 Å². The first kappa shape index (κ1) is 16.0. The molecule has 1 aromatic rings. The van der Waals surface area contributed by atoms with Crippen molar-refractivity contribution in [3.8, 4) is 0 Å². The van der Waals surface area contributed by atoms with Crippen molar-refractivity contribution in [1.82, 2.24) is 9.88 Å². The maximum absolute atomic E-state index is 12.3. The minimum atomic E-state index is -3.80. The van der Waals surface area contributed by atoms with Crippen molar-refractivity contribution in [3.05, 3.63) is 18.0 Å². The number of rotatable bonds is 5. The maximum atomic E-state index is 12.3. The zero-order chi connectivity index (χ0) is 15.6. The van der Waals surface area contributed by atoms with Crippen LogP contribution < -0.4 is 10.5 Å². The quantitative estimate of drug-likeness (QED) is 0.865. The molecule has 3 N–H and O–H groups in total. The average Bonchev–Trinajstić information content (AvgIpc) is 3.02. The lowest BCUT2D eigenvalue weighted by molar-refractivity contribution is 0.0937. The number of sulfonamides is 1. The maximum Gasteiger partial charge on any atom is 0.267 e. The van der Waals surface area contributed by atoms with Crippen LogP contribution in [-0.2, 0) is 10.0 Å². The van der Waals surface area contributed by atoms with Crippen LogP contribution in [0.25, 0.3) is 0 Å². The van der Waals surface area contributed by atoms with E-state index in [0.29, 0.717) is 18.2 Å². The molecule has 1 fully saturated rings. The Morgan fingerprint density at radius 3 is 2.57 bits per heavy atom. The van der Waals surface area contributed by atoms with Crippen LogP contribution in [0.5, 0.6) is 0 Å². The third kappa shape index (κ3) is 3.85. The summed E-state index contributed by atoms with van der Waals surface area (Å²) in [6, 6.07) is 1.56. The second-order valence-corrected chi connectivity index (χ2v) is 7.62. The van der Waals surface area contributed by atoms with E-state index in [-0.39, 0.29) is 16.8 Å². The Morgan fingerprint density at radius 2 is 2.05 bits per heavy atom. The largest absolute Gasteiger partial charge is 0.351 e. The summed E-state index contributed by atoms with van der Waals surface area (Å²) in [4.78, 5) is 12.3. The first-order valence-electron chi connectivity index (χ1n) is 7.32. The number of hydrogen-bond acceptors (Lipinski definition) is 3. The molecule has 2 rings (SSSR count). The number of amides is 1. The molecule has 0 bridgehead atoms. The number of nitrogens with one attached hydrogen (secondary N) is 1. The Kier molecular flexibility index (Phi) is 4.73. The van der Waals surface area contributed by atoms with E-state index < -0.39 is 10.0 Å². The fourth-order valence-corrected chi connectivity index (χ4v) is 3.20. The van der Waals surface area contributed by atoms with Gasteiger partial charge in [-0.05, 0) is 24.8 Å². The van der Waals surface area contributed by atoms with Gasteiger partial charge in [-0.2, -0.15) is 0 Å². The molecular weight excluding hydrogens is 290 g/mol. The SMILES string of the molecule is CC(C)CNC(=O)c1cc(S(N)(=O)=O)cn1C1CCCC1. The van der Waals surface area contributed by atoms with Gasteiger partial charge in [0.1, 0.15) is 10.6 Å². The van der Waals surface area contributed by atoms with Crippen LogP contribution in [0.3, 0.4) is 0 Å². The number of primary sulfonamides is 1. The van der Waals surface area contributed by atoms with Gasteiger partial charge in [-0.25, -0.2) is 13.6 Å². The van der Waals surface area contributed by atoms with Gasteiger partial charge in [0.15, 0.2) is 0 Å². The summed E-state index contributed by atoms with van der Waals surface area (Å²) < 4.78 is 24.8. The molecule has 0 radical (unpaired) electrons. The van der Waals surface area contributed by atoms with Gasteiger partial charge in [-0.3, -0.25) is 4.79 Å². The van der Waals surface area contributed by atoms with Crippen LogP contribution >= 0.6 is 0 Å². The summed E-state index contributed by atoms with van der Waals surface area (Å²) in [5.74, 6) is 0.0899. The summed E-state index contributed by atoms with van der Waals surface area (Å²) in [6.07, 6.45) is 5.61. The Hall–Kier alpha value is -1.34. The van der Waals surface area contributed by atoms with Gasteiger partial charge in [0.05, 0.1) is 0 Å². The predicted molar refractivity (Wildman–Crippen MR) is 80.5 cm³/mol. The lowest BCUT2D eigenvalue weighted by Gasteiger charge is -2.16. The van der Waals surface area contributed by atoms with Gasteiger partial charge in [0, 0.05) is 18.8 Å². The first-order valence-corrected chi connectivity index (χ1v) is 8.86. The lowest BCUT2D eigenvalue weighted by Crippen LogP contribution is -2.29. The lowest BCUT2D eigenvalue weighted by atomic mass is 10.2. The van der Waals surface area contributed by atoms with E-state index in [1.165, 1.54) is 12.3 Å². The van der Waals surface area contributed by atoms with E-state index in [9.17, 15) is 13.2 Å². The zero-order valence-corrected chi connectivity index (χ0v) is 13.3. The minimum Gasteiger partial charge on any atom is -0.351 e. The van der Waals surface area contributed by atoms with Crippen molar-refractivity contribution in [2.24, 2.45) is 11.1 Å². The highest BCUT2D eigenvalue weighted by Crippen LogP contribution is 2.32. The molecule has 21 heavy (non-hydrogen) atoms. The molecule has 0 spiro atoms. The number of nitrogens with zero attached hydrogens (tertiary/aromatic N) is 1. The minimum absolute atomic E-state index is 0.00379. The summed E-state index contributed by atoms with van der Waals surface area (Å²) in [6.45, 7) is 4.57. The number of hydrogen-bond donors (Lipinski definition) is 2. The van der Waals surface area contributed by atoms with Gasteiger partial charge in [0.25, 0.3) is 5.91 Å². The molecule has 1 aromatic heterocycles. The Labute approximate surface area is 125 Å². The number of carbonyl (C=O) groups excluding carboxylic acids is 1. The Balaban J connectivity index is 2.32. The van der Waals surface area contributed by atoms with Crippen LogP contribution in [0.4, 0.5) is 0 Å². The number of carbonyl (C=O) groups is 1. The van der Waals surface area contributed by atoms with Crippen molar-refractivity contribution < 1.29 is 13.2 Å². The molecule has 7 heteroatoms. The van der Waals surface area contributed by atoms with Gasteiger partial charge in [0.2, 0.25) is 10.0 Å². The second kappa shape index (κ2) is 6.19. The molecule has 0 unspecified atom stereocenters. The Bertz CT molecular complexity index is 613. The van der Waals surface area contributed by atoms with Crippen molar-refractivity contribution in [1.29, 1.82) is 0 Å². The summed E-state index contributed by atoms with van der Waals surface area (Å²) >= 11 is 0.